The van der Waals surface area contributed by atoms with Crippen molar-refractivity contribution in [2.75, 3.05) is 44.6 Å². The highest BCUT2D eigenvalue weighted by atomic mass is 127. The lowest BCUT2D eigenvalue weighted by atomic mass is 9.91. The zero-order valence-electron chi connectivity index (χ0n) is 65.7. The number of benzene rings is 4. The number of rotatable bonds is 39. The molecule has 10 rings (SSSR count). The number of hydrogen-bond acceptors (Lipinski definition) is 20. The fourth-order valence-corrected chi connectivity index (χ4v) is 16.2. The molecule has 10 N–H and O–H groups in total. The summed E-state index contributed by atoms with van der Waals surface area (Å²) in [6, 6.07) is 21.7. The molecule has 0 aliphatic carbocycles. The van der Waals surface area contributed by atoms with Gasteiger partial charge in [0.1, 0.15) is 41.3 Å². The van der Waals surface area contributed by atoms with Crippen LogP contribution in [-0.4, -0.2) is 145 Å². The van der Waals surface area contributed by atoms with Gasteiger partial charge >= 0.3 is 0 Å². The maximum Gasteiger partial charge on any atom is 0.277 e. The Morgan fingerprint density at radius 1 is 0.588 bits per heavy atom. The van der Waals surface area contributed by atoms with Crippen LogP contribution in [0.3, 0.4) is 0 Å². The van der Waals surface area contributed by atoms with Crippen molar-refractivity contribution in [1.29, 1.82) is 0 Å². The van der Waals surface area contributed by atoms with E-state index >= 15 is 0 Å². The summed E-state index contributed by atoms with van der Waals surface area (Å²) in [7, 11) is 0. The van der Waals surface area contributed by atoms with Crippen LogP contribution in [0, 0.1) is 60.6 Å². The molecule has 8 atom stereocenters. The van der Waals surface area contributed by atoms with E-state index in [1.165, 1.54) is 33.3 Å². The summed E-state index contributed by atoms with van der Waals surface area (Å²) in [5.41, 5.74) is 17.1. The standard InChI is InChI=1S/C50H59F3IN7O7S.C33H46N6O5S/c1-29(2)44(42-23-30(3)59-68-42)50(66)61-27-35(62)25-41(61)49(65)58-40(32-13-15-33(16-14-32)47-31(4)56-28-69-47)26-43(63)55-21-11-9-7-5-6-8-10-12-22-67-60-48(64)36-18-19-37(51)45(53)46(36)57-39-20-17-34(54)24-38(39)52;1-20(2)30(28-15-21(3)38-44-28)33(43)39-18-25(40)16-27(39)32(42)37-26(17-29(41)35-14-8-6-5-7-13-34)23-9-11-24(12-10-23)31-22(4)36-19-45-31/h13-20,23-24,28-29,35,40-41,44,57,62H,5-12,21-22,25-27H2,1-4H3,(H,55,63)(H,58,65)(H,60,64);9-12,15,19-20,25-27,30,40H,5-8,13-14,16-18,34H2,1-4H3,(H,35,41)(H,37,42)/t35-,40+,41+,44-;25-,26+,27+,30-/m11/s1. The van der Waals surface area contributed by atoms with Crippen LogP contribution >= 0.6 is 45.3 Å². The number of anilines is 2. The SMILES string of the molecule is Cc1cc([C@H](C(=O)N2C[C@H](O)C[C@H]2C(=O)N[C@@H](CC(=O)NCCCCCCCCCCONC(=O)c2ccc(F)c(F)c2Nc2ccc(I)cc2F)c2ccc(-c3scnc3C)cc2)C(C)C)on1.Cc1cc([C@H](C(=O)N2C[C@H](O)C[C@H]2C(=O)N[C@@H](CC(=O)NCCCCCCN)c2ccc(-c3scnc3C)cc2)C(C)C)on1. The lowest BCUT2D eigenvalue weighted by Crippen LogP contribution is -2.49. The van der Waals surface area contributed by atoms with E-state index < -0.39 is 89.1 Å². The molecule has 0 radical (unpaired) electrons. The number of hydrogen-bond donors (Lipinski definition) is 9. The van der Waals surface area contributed by atoms with Crippen LogP contribution in [0.1, 0.15) is 210 Å². The van der Waals surface area contributed by atoms with Gasteiger partial charge in [0, 0.05) is 54.7 Å². The Kier molecular flexibility index (Phi) is 34.1. The Balaban J connectivity index is 0.000000285. The number of nitrogens with zero attached hydrogens (tertiary/aromatic N) is 6. The van der Waals surface area contributed by atoms with Gasteiger partial charge in [0.2, 0.25) is 35.4 Å². The average Bonchev–Trinajstić information content (AvgIpc) is 1.61. The smallest absolute Gasteiger partial charge is 0.277 e. The largest absolute Gasteiger partial charge is 0.391 e. The second-order valence-electron chi connectivity index (χ2n) is 29.8. The number of carbonyl (C=O) groups excluding carboxylic acids is 7. The molecule has 8 aromatic rings. The number of thiazole rings is 2. The summed E-state index contributed by atoms with van der Waals surface area (Å²) in [6.07, 6.45) is 9.28. The van der Waals surface area contributed by atoms with Crippen molar-refractivity contribution >= 4 is 98.0 Å². The van der Waals surface area contributed by atoms with Crippen LogP contribution in [0.15, 0.2) is 111 Å². The summed E-state index contributed by atoms with van der Waals surface area (Å²) in [6.45, 7) is 16.9. The van der Waals surface area contributed by atoms with Crippen molar-refractivity contribution < 1.29 is 70.8 Å². The van der Waals surface area contributed by atoms with E-state index in [0.717, 1.165) is 126 Å². The fourth-order valence-electron chi connectivity index (χ4n) is 14.1. The van der Waals surface area contributed by atoms with E-state index in [4.69, 9.17) is 19.6 Å². The van der Waals surface area contributed by atoms with E-state index in [-0.39, 0.29) is 92.1 Å². The molecule has 2 aliphatic rings. The van der Waals surface area contributed by atoms with E-state index in [0.29, 0.717) is 52.5 Å². The van der Waals surface area contributed by atoms with E-state index in [9.17, 15) is 56.9 Å². The third-order valence-electron chi connectivity index (χ3n) is 20.2. The van der Waals surface area contributed by atoms with Crippen molar-refractivity contribution in [3.63, 3.8) is 0 Å². The number of nitrogens with one attached hydrogen (secondary N) is 6. The molecule has 114 heavy (non-hydrogen) atoms. The number of aryl methyl sites for hydroxylation is 4. The number of aliphatic hydroxyl groups is 2. The normalized spacial score (nSPS) is 16.4. The Hall–Kier alpha value is -8.99. The first-order chi connectivity index (χ1) is 54.7. The summed E-state index contributed by atoms with van der Waals surface area (Å²) >= 11 is 5.00. The first kappa shape index (κ1) is 89.0. The van der Waals surface area contributed by atoms with Gasteiger partial charge in [0.05, 0.1) is 104 Å². The van der Waals surface area contributed by atoms with Crippen molar-refractivity contribution in [2.24, 2.45) is 17.6 Å². The molecule has 0 spiro atoms. The number of aliphatic hydroxyl groups excluding tert-OH is 2. The number of aromatic nitrogens is 4. The first-order valence-corrected chi connectivity index (χ1v) is 41.8. The van der Waals surface area contributed by atoms with E-state index in [2.05, 4.69) is 52.3 Å². The second kappa shape index (κ2) is 43.7. The lowest BCUT2D eigenvalue weighted by molar-refractivity contribution is -0.141. The van der Waals surface area contributed by atoms with Gasteiger partial charge < -0.3 is 61.4 Å². The number of unbranched alkanes of at least 4 members (excludes halogenated alkanes) is 10. The van der Waals surface area contributed by atoms with Crippen LogP contribution in [0.5, 0.6) is 0 Å². The van der Waals surface area contributed by atoms with Crippen molar-refractivity contribution in [2.45, 2.75) is 206 Å². The molecule has 6 heterocycles. The molecule has 0 saturated carbocycles. The number of hydroxylamine groups is 1. The molecule has 2 saturated heterocycles. The van der Waals surface area contributed by atoms with Gasteiger partial charge in [-0.05, 0) is 147 Å². The number of β-amino-alcohol motifs (C(OH)–C–C–N with tert-alkyl or cyclic N) is 2. The topological polar surface area (TPSA) is 352 Å². The third kappa shape index (κ3) is 25.0. The lowest BCUT2D eigenvalue weighted by Gasteiger charge is -2.30. The molecule has 4 aromatic carbocycles. The highest BCUT2D eigenvalue weighted by molar-refractivity contribution is 14.1. The Morgan fingerprint density at radius 2 is 1.04 bits per heavy atom. The fraction of sp³-hybridized carbons (Fsp3) is 0.482. The molecule has 0 unspecified atom stereocenters. The van der Waals surface area contributed by atoms with Gasteiger partial charge in [-0.25, -0.2) is 28.6 Å². The molecule has 2 fully saturated rings. The molecule has 25 nitrogen and oxygen atoms in total. The summed E-state index contributed by atoms with van der Waals surface area (Å²) in [4.78, 5) is 114. The molecular weight excluding hydrogens is 1620 g/mol. The van der Waals surface area contributed by atoms with Gasteiger partial charge in [-0.2, -0.15) is 0 Å². The Morgan fingerprint density at radius 3 is 1.45 bits per heavy atom. The molecule has 7 amide bonds. The van der Waals surface area contributed by atoms with Crippen LogP contribution < -0.4 is 37.8 Å². The molecule has 31 heteroatoms. The van der Waals surface area contributed by atoms with Crippen LogP contribution in [0.25, 0.3) is 20.9 Å². The molecule has 2 aliphatic heterocycles. The summed E-state index contributed by atoms with van der Waals surface area (Å²) in [5, 5.41) is 43.8. The van der Waals surface area contributed by atoms with Gasteiger partial charge in [-0.15, -0.1) is 22.7 Å². The average molecular weight is 1720 g/mol. The Labute approximate surface area is 684 Å². The quantitative estimate of drug-likeness (QED) is 0.00981. The minimum atomic E-state index is -1.32. The van der Waals surface area contributed by atoms with E-state index in [1.54, 1.807) is 54.4 Å². The zero-order chi connectivity index (χ0) is 82.1. The first-order valence-electron chi connectivity index (χ1n) is 39.0. The minimum absolute atomic E-state index is 0.00958. The van der Waals surface area contributed by atoms with Crippen molar-refractivity contribution in [3.8, 4) is 20.9 Å². The van der Waals surface area contributed by atoms with Gasteiger partial charge in [0.25, 0.3) is 5.91 Å². The van der Waals surface area contributed by atoms with E-state index in [1.807, 2.05) is 113 Å². The van der Waals surface area contributed by atoms with Crippen molar-refractivity contribution in [1.82, 2.24) is 56.8 Å². The highest BCUT2D eigenvalue weighted by Gasteiger charge is 2.46. The second-order valence-corrected chi connectivity index (χ2v) is 32.8. The predicted molar refractivity (Wildman–Crippen MR) is 438 cm³/mol. The number of halogens is 4. The molecule has 0 bridgehead atoms. The van der Waals surface area contributed by atoms with Crippen LogP contribution in [-0.2, 0) is 33.6 Å². The number of amides is 7. The van der Waals surface area contributed by atoms with Gasteiger partial charge in [-0.1, -0.05) is 138 Å². The molecule has 4 aromatic heterocycles. The van der Waals surface area contributed by atoms with Gasteiger partial charge in [0.15, 0.2) is 11.6 Å². The monoisotopic (exact) mass is 1720 g/mol. The zero-order valence-corrected chi connectivity index (χ0v) is 69.5. The highest BCUT2D eigenvalue weighted by Crippen LogP contribution is 2.37. The summed E-state index contributed by atoms with van der Waals surface area (Å²) in [5.74, 6) is -6.75. The van der Waals surface area contributed by atoms with Crippen LogP contribution in [0.4, 0.5) is 24.5 Å². The Bertz CT molecular complexity index is 4500. The molecular formula is C83H105F3IN13O12S2. The number of nitrogens with two attached hydrogens (primary N) is 1. The number of carbonyl (C=O) groups is 7. The molecule has 614 valence electrons. The maximum absolute atomic E-state index is 14.7. The van der Waals surface area contributed by atoms with Crippen molar-refractivity contribution in [3.05, 3.63) is 174 Å². The van der Waals surface area contributed by atoms with Crippen LogP contribution in [0.2, 0.25) is 0 Å². The van der Waals surface area contributed by atoms with Gasteiger partial charge in [-0.3, -0.25) is 38.4 Å². The predicted octanol–water partition coefficient (Wildman–Crippen LogP) is 13.7. The minimum Gasteiger partial charge on any atom is -0.391 e. The number of likely N-dealkylation sites (tertiary alicyclic amines) is 2. The maximum atomic E-state index is 14.7. The summed E-state index contributed by atoms with van der Waals surface area (Å²) < 4.78 is 54.7. The third-order valence-corrected chi connectivity index (χ3v) is 22.8.